The number of aromatic nitrogens is 1. The van der Waals surface area contributed by atoms with E-state index in [0.717, 1.165) is 23.0 Å². The van der Waals surface area contributed by atoms with E-state index >= 15 is 0 Å². The molecule has 168 valence electrons. The fraction of sp³-hybridized carbons (Fsp3) is 0.154. The monoisotopic (exact) mass is 450 g/mol. The first kappa shape index (κ1) is 22.5. The molecule has 1 heterocycles. The van der Waals surface area contributed by atoms with Gasteiger partial charge in [-0.05, 0) is 41.8 Å². The van der Waals surface area contributed by atoms with Crippen LogP contribution in [0, 0.1) is 0 Å². The van der Waals surface area contributed by atoms with Gasteiger partial charge in [-0.1, -0.05) is 60.7 Å². The first-order chi connectivity index (χ1) is 15.8. The van der Waals surface area contributed by atoms with Gasteiger partial charge in [-0.25, -0.2) is 0 Å². The van der Waals surface area contributed by atoms with Gasteiger partial charge in [-0.2, -0.15) is 13.2 Å². The maximum Gasteiger partial charge on any atom is 0.416 e. The zero-order chi connectivity index (χ0) is 23.4. The van der Waals surface area contributed by atoms with Crippen molar-refractivity contribution >= 4 is 22.5 Å². The number of hydrogen-bond donors (Lipinski definition) is 1. The minimum Gasteiger partial charge on any atom is -0.378 e. The standard InChI is InChI=1S/C26H21F3N2O2/c27-26(28,29)21-12-10-18(11-13-21)14-15-31(25(33)24(32)19-6-2-1-3-7-19)22-16-20-8-4-5-9-23(20)30-17-22/h1-13,16-17,24,32H,14-15H2. The number of amides is 1. The average Bonchev–Trinajstić information content (AvgIpc) is 2.83. The molecule has 4 nitrogen and oxygen atoms in total. The largest absolute Gasteiger partial charge is 0.416 e. The molecule has 0 aliphatic carbocycles. The molecule has 0 fully saturated rings. The van der Waals surface area contributed by atoms with Gasteiger partial charge in [0, 0.05) is 11.9 Å². The van der Waals surface area contributed by atoms with E-state index in [0.29, 0.717) is 23.2 Å². The lowest BCUT2D eigenvalue weighted by Gasteiger charge is -2.26. The molecule has 33 heavy (non-hydrogen) atoms. The van der Waals surface area contributed by atoms with Crippen LogP contribution < -0.4 is 4.90 Å². The minimum atomic E-state index is -4.41. The van der Waals surface area contributed by atoms with Gasteiger partial charge in [0.15, 0.2) is 6.10 Å². The van der Waals surface area contributed by atoms with E-state index in [-0.39, 0.29) is 6.54 Å². The molecule has 1 atom stereocenters. The van der Waals surface area contributed by atoms with E-state index in [9.17, 15) is 23.1 Å². The summed E-state index contributed by atoms with van der Waals surface area (Å²) >= 11 is 0. The van der Waals surface area contributed by atoms with Crippen molar-refractivity contribution in [2.24, 2.45) is 0 Å². The van der Waals surface area contributed by atoms with E-state index < -0.39 is 23.8 Å². The van der Waals surface area contributed by atoms with Gasteiger partial charge < -0.3 is 10.0 Å². The zero-order valence-corrected chi connectivity index (χ0v) is 17.5. The van der Waals surface area contributed by atoms with Crippen LogP contribution >= 0.6 is 0 Å². The van der Waals surface area contributed by atoms with Gasteiger partial charge >= 0.3 is 6.18 Å². The van der Waals surface area contributed by atoms with Crippen molar-refractivity contribution in [1.82, 2.24) is 4.98 Å². The number of pyridine rings is 1. The van der Waals surface area contributed by atoms with Crippen LogP contribution in [0.3, 0.4) is 0 Å². The average molecular weight is 450 g/mol. The summed E-state index contributed by atoms with van der Waals surface area (Å²) in [6.07, 6.45) is -3.93. The number of halogens is 3. The Labute approximate surface area is 188 Å². The molecule has 1 N–H and O–H groups in total. The molecule has 0 bridgehead atoms. The third-order valence-corrected chi connectivity index (χ3v) is 5.41. The second-order valence-electron chi connectivity index (χ2n) is 7.63. The number of carbonyl (C=O) groups is 1. The minimum absolute atomic E-state index is 0.161. The molecule has 0 radical (unpaired) electrons. The summed E-state index contributed by atoms with van der Waals surface area (Å²) in [6, 6.07) is 22.7. The summed E-state index contributed by atoms with van der Waals surface area (Å²) in [5.74, 6) is -0.537. The fourth-order valence-electron chi connectivity index (χ4n) is 3.60. The summed E-state index contributed by atoms with van der Waals surface area (Å²) < 4.78 is 38.6. The fourth-order valence-corrected chi connectivity index (χ4v) is 3.60. The Morgan fingerprint density at radius 2 is 1.61 bits per heavy atom. The molecule has 0 spiro atoms. The quantitative estimate of drug-likeness (QED) is 0.418. The van der Waals surface area contributed by atoms with Crippen LogP contribution in [0.15, 0.2) is 91.1 Å². The zero-order valence-electron chi connectivity index (χ0n) is 17.5. The molecule has 7 heteroatoms. The molecule has 1 aromatic heterocycles. The molecule has 0 aliphatic rings. The van der Waals surface area contributed by atoms with E-state index in [4.69, 9.17) is 0 Å². The Balaban J connectivity index is 1.62. The van der Waals surface area contributed by atoms with Gasteiger partial charge in [0.1, 0.15) is 0 Å². The predicted molar refractivity (Wildman–Crippen MR) is 121 cm³/mol. The lowest BCUT2D eigenvalue weighted by atomic mass is 10.1. The van der Waals surface area contributed by atoms with Crippen molar-refractivity contribution in [2.75, 3.05) is 11.4 Å². The van der Waals surface area contributed by atoms with Crippen LogP contribution in [-0.4, -0.2) is 22.5 Å². The molecule has 0 saturated heterocycles. The molecular formula is C26H21F3N2O2. The van der Waals surface area contributed by atoms with Crippen LogP contribution in [0.25, 0.3) is 10.9 Å². The van der Waals surface area contributed by atoms with Crippen LogP contribution in [0.4, 0.5) is 18.9 Å². The van der Waals surface area contributed by atoms with Crippen LogP contribution in [0.5, 0.6) is 0 Å². The van der Waals surface area contributed by atoms with Crippen molar-refractivity contribution in [1.29, 1.82) is 0 Å². The van der Waals surface area contributed by atoms with Gasteiger partial charge in [-0.3, -0.25) is 9.78 Å². The summed E-state index contributed by atoms with van der Waals surface area (Å²) in [5, 5.41) is 11.6. The number of anilines is 1. The summed E-state index contributed by atoms with van der Waals surface area (Å²) in [6.45, 7) is 0.161. The summed E-state index contributed by atoms with van der Waals surface area (Å²) in [4.78, 5) is 19.1. The van der Waals surface area contributed by atoms with Gasteiger partial charge in [-0.15, -0.1) is 0 Å². The Kier molecular flexibility index (Phi) is 6.42. The van der Waals surface area contributed by atoms with E-state index in [1.54, 1.807) is 36.5 Å². The Morgan fingerprint density at radius 3 is 2.30 bits per heavy atom. The number of aliphatic hydroxyl groups excluding tert-OH is 1. The molecule has 3 aromatic carbocycles. The third-order valence-electron chi connectivity index (χ3n) is 5.41. The predicted octanol–water partition coefficient (Wildman–Crippen LogP) is 5.56. The lowest BCUT2D eigenvalue weighted by molar-refractivity contribution is -0.137. The SMILES string of the molecule is O=C(C(O)c1ccccc1)N(CCc1ccc(C(F)(F)F)cc1)c1cnc2ccccc2c1. The highest BCUT2D eigenvalue weighted by molar-refractivity contribution is 5.98. The number of rotatable bonds is 6. The summed E-state index contributed by atoms with van der Waals surface area (Å²) in [7, 11) is 0. The van der Waals surface area contributed by atoms with E-state index in [2.05, 4.69) is 4.98 Å². The molecule has 4 rings (SSSR count). The van der Waals surface area contributed by atoms with E-state index in [1.165, 1.54) is 17.0 Å². The number of alkyl halides is 3. The van der Waals surface area contributed by atoms with Crippen molar-refractivity contribution in [3.63, 3.8) is 0 Å². The number of carbonyl (C=O) groups excluding carboxylic acids is 1. The third kappa shape index (κ3) is 5.21. The molecule has 1 amide bonds. The number of hydrogen-bond acceptors (Lipinski definition) is 3. The lowest BCUT2D eigenvalue weighted by Crippen LogP contribution is -2.37. The smallest absolute Gasteiger partial charge is 0.378 e. The maximum absolute atomic E-state index is 13.3. The highest BCUT2D eigenvalue weighted by atomic mass is 19.4. The number of nitrogens with zero attached hydrogens (tertiary/aromatic N) is 2. The molecule has 0 saturated carbocycles. The Hall–Kier alpha value is -3.71. The van der Waals surface area contributed by atoms with Crippen molar-refractivity contribution in [3.8, 4) is 0 Å². The second-order valence-corrected chi connectivity index (χ2v) is 7.63. The molecule has 1 unspecified atom stereocenters. The van der Waals surface area contributed by atoms with Crippen molar-refractivity contribution in [3.05, 3.63) is 108 Å². The highest BCUT2D eigenvalue weighted by Crippen LogP contribution is 2.29. The number of para-hydroxylation sites is 1. The van der Waals surface area contributed by atoms with Crippen LogP contribution in [0.1, 0.15) is 22.8 Å². The first-order valence-electron chi connectivity index (χ1n) is 10.4. The van der Waals surface area contributed by atoms with E-state index in [1.807, 2.05) is 30.3 Å². The topological polar surface area (TPSA) is 53.4 Å². The molecular weight excluding hydrogens is 429 g/mol. The van der Waals surface area contributed by atoms with Crippen molar-refractivity contribution < 1.29 is 23.1 Å². The van der Waals surface area contributed by atoms with Crippen LogP contribution in [-0.2, 0) is 17.4 Å². The van der Waals surface area contributed by atoms with Gasteiger partial charge in [0.2, 0.25) is 0 Å². The number of fused-ring (bicyclic) bond motifs is 1. The molecule has 0 aliphatic heterocycles. The second kappa shape index (κ2) is 9.42. The van der Waals surface area contributed by atoms with Gasteiger partial charge in [0.25, 0.3) is 5.91 Å². The Morgan fingerprint density at radius 1 is 0.939 bits per heavy atom. The maximum atomic E-state index is 13.3. The highest BCUT2D eigenvalue weighted by Gasteiger charge is 2.30. The van der Waals surface area contributed by atoms with Crippen LogP contribution in [0.2, 0.25) is 0 Å². The summed E-state index contributed by atoms with van der Waals surface area (Å²) in [5.41, 5.74) is 1.64. The normalized spacial score (nSPS) is 12.5. The van der Waals surface area contributed by atoms with Crippen molar-refractivity contribution in [2.45, 2.75) is 18.7 Å². The number of aliphatic hydroxyl groups is 1. The van der Waals surface area contributed by atoms with Gasteiger partial charge in [0.05, 0.1) is 23.0 Å². The Bertz CT molecular complexity index is 1240. The molecule has 4 aromatic rings. The number of benzene rings is 3. The first-order valence-corrected chi connectivity index (χ1v) is 10.4.